The lowest BCUT2D eigenvalue weighted by Gasteiger charge is -2.35. The third-order valence-electron chi connectivity index (χ3n) is 3.59. The van der Waals surface area contributed by atoms with Gasteiger partial charge in [-0.2, -0.15) is 0 Å². The van der Waals surface area contributed by atoms with Crippen LogP contribution >= 0.6 is 0 Å². The van der Waals surface area contributed by atoms with Gasteiger partial charge >= 0.3 is 0 Å². The number of rotatable bonds is 5. The summed E-state index contributed by atoms with van der Waals surface area (Å²) in [6.45, 7) is 5.95. The number of carbonyl (C=O) groups is 1. The zero-order valence-corrected chi connectivity index (χ0v) is 12.0. The molecule has 3 N–H and O–H groups in total. The van der Waals surface area contributed by atoms with Crippen LogP contribution in [0.2, 0.25) is 0 Å². The molecule has 0 spiro atoms. The van der Waals surface area contributed by atoms with Crippen LogP contribution < -0.4 is 11.1 Å². The zero-order chi connectivity index (χ0) is 14.4. The van der Waals surface area contributed by atoms with E-state index in [1.54, 1.807) is 0 Å². The molecule has 1 atom stereocenters. The fourth-order valence-electron chi connectivity index (χ4n) is 2.51. The van der Waals surface area contributed by atoms with E-state index in [4.69, 9.17) is 10.5 Å². The van der Waals surface area contributed by atoms with E-state index >= 15 is 0 Å². The minimum Gasteiger partial charge on any atom is -0.379 e. The smallest absolute Gasteiger partial charge is 0.233 e. The van der Waals surface area contributed by atoms with Gasteiger partial charge in [0, 0.05) is 19.6 Å². The quantitative estimate of drug-likeness (QED) is 0.820. The third-order valence-corrected chi connectivity index (χ3v) is 3.59. The van der Waals surface area contributed by atoms with Gasteiger partial charge in [-0.3, -0.25) is 9.69 Å². The number of ether oxygens (including phenoxy) is 1. The maximum absolute atomic E-state index is 11.4. The minimum absolute atomic E-state index is 0.0314. The van der Waals surface area contributed by atoms with Crippen molar-refractivity contribution in [2.45, 2.75) is 13.0 Å². The largest absolute Gasteiger partial charge is 0.379 e. The van der Waals surface area contributed by atoms with Gasteiger partial charge in [0.1, 0.15) is 0 Å². The SMILES string of the molecule is Cc1cccc(C(CNC(=O)CN)N2CCOCC2)c1. The zero-order valence-electron chi connectivity index (χ0n) is 12.0. The van der Waals surface area contributed by atoms with E-state index in [0.29, 0.717) is 6.54 Å². The summed E-state index contributed by atoms with van der Waals surface area (Å²) in [5.41, 5.74) is 7.81. The lowest BCUT2D eigenvalue weighted by molar-refractivity contribution is -0.120. The van der Waals surface area contributed by atoms with Gasteiger partial charge in [-0.05, 0) is 12.5 Å². The van der Waals surface area contributed by atoms with Crippen LogP contribution in [0.15, 0.2) is 24.3 Å². The number of benzene rings is 1. The van der Waals surface area contributed by atoms with E-state index in [1.165, 1.54) is 11.1 Å². The van der Waals surface area contributed by atoms with Gasteiger partial charge in [-0.25, -0.2) is 0 Å². The number of nitrogens with two attached hydrogens (primary N) is 1. The van der Waals surface area contributed by atoms with Gasteiger partial charge in [0.25, 0.3) is 0 Å². The second kappa shape index (κ2) is 7.38. The maximum Gasteiger partial charge on any atom is 0.233 e. The number of nitrogens with zero attached hydrogens (tertiary/aromatic N) is 1. The van der Waals surface area contributed by atoms with E-state index in [1.807, 2.05) is 0 Å². The summed E-state index contributed by atoms with van der Waals surface area (Å²) < 4.78 is 5.41. The number of hydrogen-bond donors (Lipinski definition) is 2. The fraction of sp³-hybridized carbons (Fsp3) is 0.533. The molecular formula is C15H23N3O2. The minimum atomic E-state index is -0.115. The second-order valence-electron chi connectivity index (χ2n) is 5.09. The first-order valence-electron chi connectivity index (χ1n) is 7.06. The molecule has 1 aromatic rings. The fourth-order valence-corrected chi connectivity index (χ4v) is 2.51. The van der Waals surface area contributed by atoms with Crippen LogP contribution in [0.5, 0.6) is 0 Å². The molecule has 1 aromatic carbocycles. The first-order chi connectivity index (χ1) is 9.70. The highest BCUT2D eigenvalue weighted by Gasteiger charge is 2.23. The summed E-state index contributed by atoms with van der Waals surface area (Å²) in [6, 6.07) is 8.60. The second-order valence-corrected chi connectivity index (χ2v) is 5.09. The van der Waals surface area contributed by atoms with Crippen molar-refractivity contribution in [3.8, 4) is 0 Å². The molecule has 1 fully saturated rings. The highest BCUT2D eigenvalue weighted by molar-refractivity contribution is 5.77. The van der Waals surface area contributed by atoms with Crippen molar-refractivity contribution in [1.29, 1.82) is 0 Å². The van der Waals surface area contributed by atoms with Crippen molar-refractivity contribution in [2.75, 3.05) is 39.4 Å². The molecule has 0 saturated carbocycles. The average molecular weight is 277 g/mol. The summed E-state index contributed by atoms with van der Waals surface area (Å²) in [5.74, 6) is -0.115. The molecule has 110 valence electrons. The number of hydrogen-bond acceptors (Lipinski definition) is 4. The highest BCUT2D eigenvalue weighted by Crippen LogP contribution is 2.22. The summed E-state index contributed by atoms with van der Waals surface area (Å²) in [4.78, 5) is 13.8. The molecule has 1 aliphatic rings. The van der Waals surface area contributed by atoms with E-state index in [-0.39, 0.29) is 18.5 Å². The van der Waals surface area contributed by atoms with Crippen molar-refractivity contribution >= 4 is 5.91 Å². The maximum atomic E-state index is 11.4. The number of carbonyl (C=O) groups excluding carboxylic acids is 1. The molecule has 2 rings (SSSR count). The van der Waals surface area contributed by atoms with Crippen molar-refractivity contribution in [3.05, 3.63) is 35.4 Å². The molecule has 0 radical (unpaired) electrons. The normalized spacial score (nSPS) is 17.7. The van der Waals surface area contributed by atoms with Gasteiger partial charge in [0.15, 0.2) is 0 Å². The Balaban J connectivity index is 2.12. The Labute approximate surface area is 120 Å². The van der Waals surface area contributed by atoms with E-state index in [9.17, 15) is 4.79 Å². The molecule has 0 aliphatic carbocycles. The van der Waals surface area contributed by atoms with Crippen LogP contribution in [0, 0.1) is 6.92 Å². The van der Waals surface area contributed by atoms with Crippen molar-refractivity contribution in [2.24, 2.45) is 5.73 Å². The lowest BCUT2D eigenvalue weighted by atomic mass is 10.0. The average Bonchev–Trinajstić information content (AvgIpc) is 2.48. The Morgan fingerprint density at radius 2 is 2.20 bits per heavy atom. The molecule has 1 saturated heterocycles. The van der Waals surface area contributed by atoms with Gasteiger partial charge in [-0.1, -0.05) is 29.8 Å². The van der Waals surface area contributed by atoms with Gasteiger partial charge in [0.2, 0.25) is 5.91 Å². The molecule has 20 heavy (non-hydrogen) atoms. The van der Waals surface area contributed by atoms with Crippen LogP contribution in [0.25, 0.3) is 0 Å². The van der Waals surface area contributed by atoms with Crippen LogP contribution in [0.3, 0.4) is 0 Å². The standard InChI is InChI=1S/C15H23N3O2/c1-12-3-2-4-13(9-12)14(11-17-15(19)10-16)18-5-7-20-8-6-18/h2-4,9,14H,5-8,10-11,16H2,1H3,(H,17,19). The summed E-state index contributed by atoms with van der Waals surface area (Å²) in [7, 11) is 0. The van der Waals surface area contributed by atoms with Crippen molar-refractivity contribution in [1.82, 2.24) is 10.2 Å². The van der Waals surface area contributed by atoms with Gasteiger partial charge < -0.3 is 15.8 Å². The Morgan fingerprint density at radius 3 is 2.85 bits per heavy atom. The Morgan fingerprint density at radius 1 is 1.45 bits per heavy atom. The molecule has 1 heterocycles. The summed E-state index contributed by atoms with van der Waals surface area (Å²) >= 11 is 0. The van der Waals surface area contributed by atoms with Crippen LogP contribution in [-0.2, 0) is 9.53 Å². The molecule has 5 heteroatoms. The number of amides is 1. The molecular weight excluding hydrogens is 254 g/mol. The Kier molecular flexibility index (Phi) is 5.52. The number of aryl methyl sites for hydroxylation is 1. The van der Waals surface area contributed by atoms with Crippen LogP contribution in [-0.4, -0.2) is 50.2 Å². The molecule has 1 amide bonds. The first kappa shape index (κ1) is 15.0. The van der Waals surface area contributed by atoms with Crippen molar-refractivity contribution in [3.63, 3.8) is 0 Å². The predicted molar refractivity (Wildman–Crippen MR) is 78.4 cm³/mol. The molecule has 0 bridgehead atoms. The summed E-state index contributed by atoms with van der Waals surface area (Å²) in [5, 5.41) is 2.90. The molecule has 1 aliphatic heterocycles. The number of morpholine rings is 1. The topological polar surface area (TPSA) is 67.6 Å². The van der Waals surface area contributed by atoms with Gasteiger partial charge in [0.05, 0.1) is 25.8 Å². The van der Waals surface area contributed by atoms with Crippen LogP contribution in [0.1, 0.15) is 17.2 Å². The molecule has 5 nitrogen and oxygen atoms in total. The Bertz CT molecular complexity index is 444. The number of nitrogens with one attached hydrogen (secondary N) is 1. The predicted octanol–water partition coefficient (Wildman–Crippen LogP) is 0.443. The highest BCUT2D eigenvalue weighted by atomic mass is 16.5. The van der Waals surface area contributed by atoms with E-state index in [2.05, 4.69) is 41.4 Å². The lowest BCUT2D eigenvalue weighted by Crippen LogP contribution is -2.44. The van der Waals surface area contributed by atoms with Crippen LogP contribution in [0.4, 0.5) is 0 Å². The monoisotopic (exact) mass is 277 g/mol. The first-order valence-corrected chi connectivity index (χ1v) is 7.06. The van der Waals surface area contributed by atoms with Gasteiger partial charge in [-0.15, -0.1) is 0 Å². The Hall–Kier alpha value is -1.43. The van der Waals surface area contributed by atoms with Crippen molar-refractivity contribution < 1.29 is 9.53 Å². The van der Waals surface area contributed by atoms with E-state index < -0.39 is 0 Å². The summed E-state index contributed by atoms with van der Waals surface area (Å²) in [6.07, 6.45) is 0. The molecule has 1 unspecified atom stereocenters. The van der Waals surface area contributed by atoms with E-state index in [0.717, 1.165) is 26.3 Å². The third kappa shape index (κ3) is 4.03. The molecule has 0 aromatic heterocycles.